The zero-order valence-electron chi connectivity index (χ0n) is 8.65. The van der Waals surface area contributed by atoms with Crippen LogP contribution in [-0.4, -0.2) is 17.1 Å². The summed E-state index contributed by atoms with van der Waals surface area (Å²) in [6.07, 6.45) is 0. The first kappa shape index (κ1) is 10.9. The third kappa shape index (κ3) is 3.21. The molecule has 2 heteroatoms. The Bertz CT molecular complexity index is 120. The van der Waals surface area contributed by atoms with Crippen LogP contribution in [0, 0.1) is 0 Å². The van der Waals surface area contributed by atoms with Gasteiger partial charge in [-0.05, 0) is 27.7 Å². The Morgan fingerprint density at radius 2 is 1.45 bits per heavy atom. The van der Waals surface area contributed by atoms with Crippen molar-refractivity contribution < 1.29 is 0 Å². The Balaban J connectivity index is 4.22. The lowest BCUT2D eigenvalue weighted by molar-refractivity contribution is 0.226. The van der Waals surface area contributed by atoms with Crippen molar-refractivity contribution in [2.45, 2.75) is 58.7 Å². The van der Waals surface area contributed by atoms with Gasteiger partial charge in [-0.1, -0.05) is 13.8 Å². The maximum absolute atomic E-state index is 6.00. The first-order chi connectivity index (χ1) is 4.67. The predicted molar refractivity (Wildman–Crippen MR) is 50.6 cm³/mol. The lowest BCUT2D eigenvalue weighted by atomic mass is 9.83. The predicted octanol–water partition coefficient (Wildman–Crippen LogP) is 1.50. The Hall–Kier alpha value is -0.0800. The molecule has 0 amide bonds. The number of hydrogen-bond acceptors (Lipinski definition) is 2. The summed E-state index contributed by atoms with van der Waals surface area (Å²) in [5.74, 6) is 0. The van der Waals surface area contributed by atoms with Gasteiger partial charge in [0.1, 0.15) is 0 Å². The fourth-order valence-corrected chi connectivity index (χ4v) is 0.908. The molecule has 0 heterocycles. The van der Waals surface area contributed by atoms with E-state index in [1.54, 1.807) is 0 Å². The molecule has 0 aliphatic heterocycles. The molecule has 2 nitrogen and oxygen atoms in total. The van der Waals surface area contributed by atoms with Crippen LogP contribution in [0.4, 0.5) is 0 Å². The lowest BCUT2D eigenvalue weighted by Gasteiger charge is -2.41. The fourth-order valence-electron chi connectivity index (χ4n) is 0.908. The van der Waals surface area contributed by atoms with E-state index in [0.717, 1.165) is 0 Å². The zero-order chi connectivity index (χ0) is 9.28. The molecular formula is C9H22N2. The van der Waals surface area contributed by atoms with Crippen molar-refractivity contribution in [1.29, 1.82) is 0 Å². The molecule has 11 heavy (non-hydrogen) atoms. The van der Waals surface area contributed by atoms with Crippen molar-refractivity contribution in [3.8, 4) is 0 Å². The van der Waals surface area contributed by atoms with Crippen molar-refractivity contribution in [3.05, 3.63) is 0 Å². The van der Waals surface area contributed by atoms with Crippen molar-refractivity contribution in [1.82, 2.24) is 5.32 Å². The quantitative estimate of drug-likeness (QED) is 0.653. The Labute approximate surface area is 70.5 Å². The van der Waals surface area contributed by atoms with Gasteiger partial charge in [0.05, 0.1) is 0 Å². The van der Waals surface area contributed by atoms with Crippen LogP contribution in [0.2, 0.25) is 0 Å². The minimum Gasteiger partial charge on any atom is -0.324 e. The van der Waals surface area contributed by atoms with Gasteiger partial charge >= 0.3 is 0 Å². The van der Waals surface area contributed by atoms with Gasteiger partial charge in [-0.2, -0.15) is 0 Å². The van der Waals surface area contributed by atoms with Gasteiger partial charge in [0, 0.05) is 17.1 Å². The first-order valence-corrected chi connectivity index (χ1v) is 4.23. The molecule has 0 bridgehead atoms. The second kappa shape index (κ2) is 3.11. The Kier molecular flexibility index (Phi) is 3.09. The van der Waals surface area contributed by atoms with E-state index < -0.39 is 0 Å². The van der Waals surface area contributed by atoms with Gasteiger partial charge < -0.3 is 11.1 Å². The fraction of sp³-hybridized carbons (Fsp3) is 1.00. The summed E-state index contributed by atoms with van der Waals surface area (Å²) < 4.78 is 0. The molecule has 0 aliphatic carbocycles. The topological polar surface area (TPSA) is 38.0 Å². The summed E-state index contributed by atoms with van der Waals surface area (Å²) in [5.41, 5.74) is 5.80. The van der Waals surface area contributed by atoms with Crippen LogP contribution < -0.4 is 11.1 Å². The molecule has 0 rings (SSSR count). The van der Waals surface area contributed by atoms with E-state index in [2.05, 4.69) is 33.0 Å². The molecule has 0 radical (unpaired) electrons. The summed E-state index contributed by atoms with van der Waals surface area (Å²) in [5, 5.41) is 3.43. The number of nitrogens with one attached hydrogen (secondary N) is 1. The molecule has 0 spiro atoms. The van der Waals surface area contributed by atoms with E-state index in [4.69, 9.17) is 5.73 Å². The number of rotatable bonds is 3. The second-order valence-corrected chi connectivity index (χ2v) is 4.65. The molecule has 0 saturated carbocycles. The van der Waals surface area contributed by atoms with E-state index in [1.165, 1.54) is 0 Å². The highest BCUT2D eigenvalue weighted by Crippen LogP contribution is 2.18. The number of hydrogen-bond donors (Lipinski definition) is 2. The van der Waals surface area contributed by atoms with Crippen LogP contribution in [0.1, 0.15) is 41.5 Å². The average Bonchev–Trinajstić information content (AvgIpc) is 1.56. The van der Waals surface area contributed by atoms with E-state index in [-0.39, 0.29) is 11.1 Å². The smallest absolute Gasteiger partial charge is 0.0301 e. The first-order valence-electron chi connectivity index (χ1n) is 4.23. The molecule has 68 valence electrons. The lowest BCUT2D eigenvalue weighted by Crippen LogP contribution is -2.62. The maximum atomic E-state index is 6.00. The van der Waals surface area contributed by atoms with E-state index in [0.29, 0.717) is 6.04 Å². The summed E-state index contributed by atoms with van der Waals surface area (Å²) >= 11 is 0. The summed E-state index contributed by atoms with van der Waals surface area (Å²) in [6.45, 7) is 12.6. The minimum atomic E-state index is -0.183. The molecule has 0 atom stereocenters. The van der Waals surface area contributed by atoms with Crippen molar-refractivity contribution in [3.63, 3.8) is 0 Å². The average molecular weight is 158 g/mol. The largest absolute Gasteiger partial charge is 0.324 e. The summed E-state index contributed by atoms with van der Waals surface area (Å²) in [7, 11) is 0. The Morgan fingerprint density at radius 1 is 1.09 bits per heavy atom. The molecule has 0 unspecified atom stereocenters. The molecular weight excluding hydrogens is 136 g/mol. The van der Waals surface area contributed by atoms with E-state index in [9.17, 15) is 0 Å². The van der Waals surface area contributed by atoms with Crippen LogP contribution in [0.3, 0.4) is 0 Å². The molecule has 0 aromatic rings. The minimum absolute atomic E-state index is 0.0127. The highest BCUT2D eigenvalue weighted by molar-refractivity contribution is 4.97. The molecule has 3 N–H and O–H groups in total. The molecule has 0 aromatic carbocycles. The van der Waals surface area contributed by atoms with E-state index >= 15 is 0 Å². The van der Waals surface area contributed by atoms with Gasteiger partial charge in [0.25, 0.3) is 0 Å². The maximum Gasteiger partial charge on any atom is 0.0301 e. The third-order valence-electron chi connectivity index (χ3n) is 2.26. The summed E-state index contributed by atoms with van der Waals surface area (Å²) in [4.78, 5) is 0. The van der Waals surface area contributed by atoms with Crippen LogP contribution in [0.25, 0.3) is 0 Å². The van der Waals surface area contributed by atoms with Gasteiger partial charge in [-0.3, -0.25) is 0 Å². The van der Waals surface area contributed by atoms with Gasteiger partial charge in [-0.25, -0.2) is 0 Å². The standard InChI is InChI=1S/C9H22N2/c1-7(2)11-9(5,6)8(3,4)10/h7,11H,10H2,1-6H3. The van der Waals surface area contributed by atoms with Crippen LogP contribution in [0.15, 0.2) is 0 Å². The van der Waals surface area contributed by atoms with Gasteiger partial charge in [0.15, 0.2) is 0 Å². The summed E-state index contributed by atoms with van der Waals surface area (Å²) in [6, 6.07) is 0.479. The van der Waals surface area contributed by atoms with Crippen LogP contribution in [0.5, 0.6) is 0 Å². The van der Waals surface area contributed by atoms with Gasteiger partial charge in [0.2, 0.25) is 0 Å². The molecule has 0 fully saturated rings. The highest BCUT2D eigenvalue weighted by atomic mass is 15.0. The molecule has 0 saturated heterocycles. The van der Waals surface area contributed by atoms with Crippen molar-refractivity contribution >= 4 is 0 Å². The van der Waals surface area contributed by atoms with Crippen molar-refractivity contribution in [2.24, 2.45) is 5.73 Å². The number of nitrogens with two attached hydrogens (primary N) is 1. The molecule has 0 aliphatic rings. The Morgan fingerprint density at radius 3 is 1.55 bits per heavy atom. The normalized spacial score (nSPS) is 14.2. The zero-order valence-corrected chi connectivity index (χ0v) is 8.65. The van der Waals surface area contributed by atoms with Crippen LogP contribution >= 0.6 is 0 Å². The third-order valence-corrected chi connectivity index (χ3v) is 2.26. The molecule has 0 aromatic heterocycles. The van der Waals surface area contributed by atoms with Crippen molar-refractivity contribution in [2.75, 3.05) is 0 Å². The van der Waals surface area contributed by atoms with Gasteiger partial charge in [-0.15, -0.1) is 0 Å². The second-order valence-electron chi connectivity index (χ2n) is 4.65. The SMILES string of the molecule is CC(C)NC(C)(C)C(C)(C)N. The highest BCUT2D eigenvalue weighted by Gasteiger charge is 2.33. The van der Waals surface area contributed by atoms with Crippen LogP contribution in [-0.2, 0) is 0 Å². The van der Waals surface area contributed by atoms with E-state index in [1.807, 2.05) is 13.8 Å². The monoisotopic (exact) mass is 158 g/mol.